The van der Waals surface area contributed by atoms with E-state index >= 15 is 0 Å². The number of hydrogen-bond donors (Lipinski definition) is 1. The number of nitrogens with zero attached hydrogens (tertiary/aromatic N) is 2. The summed E-state index contributed by atoms with van der Waals surface area (Å²) in [4.78, 5) is 4.42. The maximum absolute atomic E-state index is 4.42. The van der Waals surface area contributed by atoms with Crippen LogP contribution in [-0.4, -0.2) is 22.6 Å². The Kier molecular flexibility index (Phi) is 5.24. The number of nitrogens with one attached hydrogen (secondary N) is 1. The predicted octanol–water partition coefficient (Wildman–Crippen LogP) is 3.18. The van der Waals surface area contributed by atoms with Crippen molar-refractivity contribution in [3.05, 3.63) is 18.2 Å². The minimum Gasteiger partial charge on any atom is -0.333 e. The number of hydrogen-bond acceptors (Lipinski definition) is 2. The summed E-state index contributed by atoms with van der Waals surface area (Å²) >= 11 is 0. The average Bonchev–Trinajstić information content (AvgIpc) is 2.84. The van der Waals surface area contributed by atoms with Gasteiger partial charge in [-0.05, 0) is 25.3 Å². The van der Waals surface area contributed by atoms with Gasteiger partial charge in [0.05, 0.1) is 0 Å². The smallest absolute Gasteiger partial charge is 0.111 e. The summed E-state index contributed by atoms with van der Waals surface area (Å²) in [5.74, 6) is 2.64. The molecule has 1 aromatic heterocycles. The van der Waals surface area contributed by atoms with Crippen LogP contribution in [0, 0.1) is 5.92 Å². The van der Waals surface area contributed by atoms with Crippen molar-refractivity contribution in [2.24, 2.45) is 5.92 Å². The van der Waals surface area contributed by atoms with E-state index in [-0.39, 0.29) is 0 Å². The van der Waals surface area contributed by atoms with Gasteiger partial charge in [0, 0.05) is 31.4 Å². The molecule has 1 heterocycles. The Balaban J connectivity index is 1.66. The van der Waals surface area contributed by atoms with Crippen LogP contribution < -0.4 is 5.32 Å². The Hall–Kier alpha value is -0.830. The fraction of sp³-hybridized carbons (Fsp3) is 0.800. The molecule has 3 heteroatoms. The van der Waals surface area contributed by atoms with E-state index < -0.39 is 0 Å². The van der Waals surface area contributed by atoms with Gasteiger partial charge in [-0.1, -0.05) is 33.1 Å². The van der Waals surface area contributed by atoms with Crippen molar-refractivity contribution in [1.29, 1.82) is 0 Å². The molecule has 1 aromatic rings. The molecule has 0 unspecified atom stereocenters. The molecule has 1 aliphatic carbocycles. The molecule has 2 rings (SSSR count). The predicted molar refractivity (Wildman–Crippen MR) is 75.8 cm³/mol. The average molecular weight is 249 g/mol. The first kappa shape index (κ1) is 13.6. The second kappa shape index (κ2) is 6.93. The highest BCUT2D eigenvalue weighted by Crippen LogP contribution is 2.22. The Morgan fingerprint density at radius 3 is 2.83 bits per heavy atom. The lowest BCUT2D eigenvalue weighted by atomic mass is 9.89. The number of aromatic nitrogens is 2. The first-order valence-electron chi connectivity index (χ1n) is 7.49. The van der Waals surface area contributed by atoms with Gasteiger partial charge < -0.3 is 9.88 Å². The van der Waals surface area contributed by atoms with Crippen molar-refractivity contribution in [2.45, 2.75) is 58.4 Å². The second-order valence-electron chi connectivity index (χ2n) is 5.84. The van der Waals surface area contributed by atoms with Crippen molar-refractivity contribution in [3.8, 4) is 0 Å². The lowest BCUT2D eigenvalue weighted by Gasteiger charge is -2.22. The molecular formula is C15H27N3. The fourth-order valence-electron chi connectivity index (χ4n) is 2.91. The molecule has 1 fully saturated rings. The van der Waals surface area contributed by atoms with Crippen LogP contribution in [0.1, 0.15) is 57.7 Å². The summed E-state index contributed by atoms with van der Waals surface area (Å²) in [5.41, 5.74) is 0. The third-order valence-electron chi connectivity index (χ3n) is 3.95. The molecule has 1 saturated carbocycles. The van der Waals surface area contributed by atoms with Crippen LogP contribution in [0.25, 0.3) is 0 Å². The minimum absolute atomic E-state index is 0.512. The van der Waals surface area contributed by atoms with Gasteiger partial charge in [0.15, 0.2) is 0 Å². The van der Waals surface area contributed by atoms with E-state index in [0.29, 0.717) is 5.92 Å². The summed E-state index contributed by atoms with van der Waals surface area (Å²) in [6, 6.07) is 0. The van der Waals surface area contributed by atoms with Gasteiger partial charge in [-0.3, -0.25) is 0 Å². The molecular weight excluding hydrogens is 222 g/mol. The van der Waals surface area contributed by atoms with Crippen molar-refractivity contribution < 1.29 is 0 Å². The third kappa shape index (κ3) is 3.84. The second-order valence-corrected chi connectivity index (χ2v) is 5.84. The summed E-state index contributed by atoms with van der Waals surface area (Å²) < 4.78 is 2.28. The number of rotatable bonds is 6. The Morgan fingerprint density at radius 2 is 2.11 bits per heavy atom. The van der Waals surface area contributed by atoms with E-state index in [2.05, 4.69) is 34.9 Å². The molecule has 0 aromatic carbocycles. The summed E-state index contributed by atoms with van der Waals surface area (Å²) in [6.45, 7) is 7.71. The SMILES string of the molecule is CC(C)c1nccn1CCNCC1CCCCC1. The molecule has 1 N–H and O–H groups in total. The van der Waals surface area contributed by atoms with Crippen molar-refractivity contribution in [2.75, 3.05) is 13.1 Å². The molecule has 1 aliphatic rings. The van der Waals surface area contributed by atoms with Crippen molar-refractivity contribution in [3.63, 3.8) is 0 Å². The Labute approximate surface area is 111 Å². The molecule has 0 saturated heterocycles. The van der Waals surface area contributed by atoms with E-state index in [9.17, 15) is 0 Å². The molecule has 0 spiro atoms. The van der Waals surface area contributed by atoms with Crippen molar-refractivity contribution in [1.82, 2.24) is 14.9 Å². The van der Waals surface area contributed by atoms with Crippen LogP contribution in [0.4, 0.5) is 0 Å². The normalized spacial score (nSPS) is 17.5. The first-order chi connectivity index (χ1) is 8.77. The molecule has 102 valence electrons. The van der Waals surface area contributed by atoms with E-state index in [0.717, 1.165) is 19.0 Å². The van der Waals surface area contributed by atoms with Crippen LogP contribution in [0.2, 0.25) is 0 Å². The molecule has 0 amide bonds. The Bertz CT molecular complexity index is 337. The molecule has 0 aliphatic heterocycles. The highest BCUT2D eigenvalue weighted by Gasteiger charge is 2.12. The fourth-order valence-corrected chi connectivity index (χ4v) is 2.91. The van der Waals surface area contributed by atoms with Gasteiger partial charge in [-0.15, -0.1) is 0 Å². The third-order valence-corrected chi connectivity index (χ3v) is 3.95. The zero-order valence-corrected chi connectivity index (χ0v) is 11.9. The van der Waals surface area contributed by atoms with E-state index in [1.807, 2.05) is 6.20 Å². The minimum atomic E-state index is 0.512. The van der Waals surface area contributed by atoms with Crippen LogP contribution in [0.15, 0.2) is 12.4 Å². The van der Waals surface area contributed by atoms with Gasteiger partial charge in [-0.2, -0.15) is 0 Å². The largest absolute Gasteiger partial charge is 0.333 e. The quantitative estimate of drug-likeness (QED) is 0.785. The van der Waals surface area contributed by atoms with E-state index in [4.69, 9.17) is 0 Å². The van der Waals surface area contributed by atoms with Crippen molar-refractivity contribution >= 4 is 0 Å². The molecule has 3 nitrogen and oxygen atoms in total. The van der Waals surface area contributed by atoms with Crippen LogP contribution in [-0.2, 0) is 6.54 Å². The van der Waals surface area contributed by atoms with Gasteiger partial charge >= 0.3 is 0 Å². The molecule has 0 radical (unpaired) electrons. The lowest BCUT2D eigenvalue weighted by molar-refractivity contribution is 0.340. The van der Waals surface area contributed by atoms with Gasteiger partial charge in [-0.25, -0.2) is 4.98 Å². The standard InChI is InChI=1S/C15H27N3/c1-13(2)15-17-9-11-18(15)10-8-16-12-14-6-4-3-5-7-14/h9,11,13-14,16H,3-8,10,12H2,1-2H3. The highest BCUT2D eigenvalue weighted by atomic mass is 15.1. The topological polar surface area (TPSA) is 29.9 Å². The van der Waals surface area contributed by atoms with Gasteiger partial charge in [0.1, 0.15) is 5.82 Å². The van der Waals surface area contributed by atoms with Crippen LogP contribution in [0.3, 0.4) is 0 Å². The van der Waals surface area contributed by atoms with Gasteiger partial charge in [0.25, 0.3) is 0 Å². The first-order valence-corrected chi connectivity index (χ1v) is 7.49. The maximum atomic E-state index is 4.42. The summed E-state index contributed by atoms with van der Waals surface area (Å²) in [5, 5.41) is 3.61. The maximum Gasteiger partial charge on any atom is 0.111 e. The zero-order valence-electron chi connectivity index (χ0n) is 11.9. The summed E-state index contributed by atoms with van der Waals surface area (Å²) in [6.07, 6.45) is 11.2. The van der Waals surface area contributed by atoms with Crippen LogP contribution >= 0.6 is 0 Å². The van der Waals surface area contributed by atoms with Gasteiger partial charge in [0.2, 0.25) is 0 Å². The summed E-state index contributed by atoms with van der Waals surface area (Å²) in [7, 11) is 0. The monoisotopic (exact) mass is 249 g/mol. The molecule has 0 bridgehead atoms. The highest BCUT2D eigenvalue weighted by molar-refractivity contribution is 4.97. The Morgan fingerprint density at radius 1 is 1.33 bits per heavy atom. The van der Waals surface area contributed by atoms with Crippen LogP contribution in [0.5, 0.6) is 0 Å². The molecule has 0 atom stereocenters. The number of imidazole rings is 1. The lowest BCUT2D eigenvalue weighted by Crippen LogP contribution is -2.27. The zero-order chi connectivity index (χ0) is 12.8. The van der Waals surface area contributed by atoms with E-state index in [1.54, 1.807) is 0 Å². The van der Waals surface area contributed by atoms with E-state index in [1.165, 1.54) is 44.5 Å². The molecule has 18 heavy (non-hydrogen) atoms.